The van der Waals surface area contributed by atoms with Crippen LogP contribution in [-0.2, 0) is 11.3 Å². The van der Waals surface area contributed by atoms with Crippen LogP contribution < -0.4 is 11.3 Å². The quantitative estimate of drug-likeness (QED) is 0.509. The lowest BCUT2D eigenvalue weighted by atomic mass is 9.71. The zero-order chi connectivity index (χ0) is 15.5. The maximum absolute atomic E-state index is 11.4. The fourth-order valence-corrected chi connectivity index (χ4v) is 3.44. The first-order chi connectivity index (χ1) is 9.89. The van der Waals surface area contributed by atoms with E-state index in [0.29, 0.717) is 23.7 Å². The van der Waals surface area contributed by atoms with E-state index < -0.39 is 0 Å². The average Bonchev–Trinajstić information content (AvgIpc) is 2.43. The smallest absolute Gasteiger partial charge is 0.265 e. The van der Waals surface area contributed by atoms with E-state index in [-0.39, 0.29) is 5.91 Å². The molecule has 0 heterocycles. The van der Waals surface area contributed by atoms with Gasteiger partial charge in [-0.1, -0.05) is 32.9 Å². The molecule has 0 aromatic heterocycles. The number of rotatable bonds is 4. The van der Waals surface area contributed by atoms with Crippen LogP contribution in [0.2, 0.25) is 0 Å². The highest BCUT2D eigenvalue weighted by molar-refractivity contribution is 5.93. The summed E-state index contributed by atoms with van der Waals surface area (Å²) in [5.41, 5.74) is 4.14. The molecule has 1 amide bonds. The molecule has 116 valence electrons. The number of hydrogen-bond acceptors (Lipinski definition) is 3. The van der Waals surface area contributed by atoms with Crippen molar-refractivity contribution < 1.29 is 9.53 Å². The Morgan fingerprint density at radius 1 is 1.33 bits per heavy atom. The van der Waals surface area contributed by atoms with Gasteiger partial charge in [-0.3, -0.25) is 10.2 Å². The summed E-state index contributed by atoms with van der Waals surface area (Å²) in [5, 5.41) is 0. The van der Waals surface area contributed by atoms with Crippen LogP contribution in [0.3, 0.4) is 0 Å². The fourth-order valence-electron chi connectivity index (χ4n) is 3.44. The van der Waals surface area contributed by atoms with Crippen molar-refractivity contribution >= 4 is 5.91 Å². The van der Waals surface area contributed by atoms with E-state index in [0.717, 1.165) is 24.3 Å². The largest absolute Gasteiger partial charge is 0.374 e. The molecule has 1 aliphatic rings. The Kier molecular flexibility index (Phi) is 5.01. The highest BCUT2D eigenvalue weighted by atomic mass is 16.5. The fraction of sp³-hybridized carbons (Fsp3) is 0.588. The number of benzene rings is 1. The van der Waals surface area contributed by atoms with Gasteiger partial charge in [-0.05, 0) is 48.3 Å². The number of nitrogens with two attached hydrogens (primary N) is 1. The second-order valence-electron chi connectivity index (χ2n) is 7.02. The van der Waals surface area contributed by atoms with Gasteiger partial charge in [0.15, 0.2) is 0 Å². The monoisotopic (exact) mass is 290 g/mol. The lowest BCUT2D eigenvalue weighted by molar-refractivity contribution is -0.0316. The minimum Gasteiger partial charge on any atom is -0.374 e. The van der Waals surface area contributed by atoms with Crippen LogP contribution in [0.1, 0.15) is 56.0 Å². The molecule has 0 bridgehead atoms. The van der Waals surface area contributed by atoms with Gasteiger partial charge >= 0.3 is 0 Å². The van der Waals surface area contributed by atoms with Crippen molar-refractivity contribution in [2.75, 3.05) is 0 Å². The molecule has 0 radical (unpaired) electrons. The molecule has 21 heavy (non-hydrogen) atoms. The van der Waals surface area contributed by atoms with E-state index in [1.54, 1.807) is 12.1 Å². The van der Waals surface area contributed by atoms with Gasteiger partial charge in [0, 0.05) is 5.56 Å². The van der Waals surface area contributed by atoms with Crippen molar-refractivity contribution in [1.29, 1.82) is 0 Å². The molecule has 0 aliphatic heterocycles. The Bertz CT molecular complexity index is 482. The first-order valence-electron chi connectivity index (χ1n) is 7.61. The van der Waals surface area contributed by atoms with Crippen LogP contribution in [-0.4, -0.2) is 12.0 Å². The number of nitrogens with one attached hydrogen (secondary N) is 1. The summed E-state index contributed by atoms with van der Waals surface area (Å²) in [4.78, 5) is 11.4. The van der Waals surface area contributed by atoms with Gasteiger partial charge in [-0.25, -0.2) is 5.84 Å². The van der Waals surface area contributed by atoms with Gasteiger partial charge in [0.05, 0.1) is 12.7 Å². The summed E-state index contributed by atoms with van der Waals surface area (Å²) in [6, 6.07) is 7.38. The van der Waals surface area contributed by atoms with Crippen LogP contribution in [0.15, 0.2) is 24.3 Å². The van der Waals surface area contributed by atoms with Crippen molar-refractivity contribution in [3.05, 3.63) is 35.4 Å². The molecule has 2 rings (SSSR count). The average molecular weight is 290 g/mol. The molecule has 2 unspecified atom stereocenters. The van der Waals surface area contributed by atoms with E-state index in [1.165, 1.54) is 6.42 Å². The number of hydrogen-bond donors (Lipinski definition) is 2. The Morgan fingerprint density at radius 2 is 2.00 bits per heavy atom. The summed E-state index contributed by atoms with van der Waals surface area (Å²) in [7, 11) is 0. The third-order valence-electron chi connectivity index (χ3n) is 4.18. The van der Waals surface area contributed by atoms with Crippen LogP contribution in [0.4, 0.5) is 0 Å². The van der Waals surface area contributed by atoms with Gasteiger partial charge in [0.2, 0.25) is 0 Å². The maximum Gasteiger partial charge on any atom is 0.265 e. The molecule has 1 aromatic rings. The minimum atomic E-state index is -0.273. The maximum atomic E-state index is 11.4. The Morgan fingerprint density at radius 3 is 2.57 bits per heavy atom. The number of carbonyl (C=O) groups excluding carboxylic acids is 1. The highest BCUT2D eigenvalue weighted by Crippen LogP contribution is 2.39. The molecule has 2 atom stereocenters. The van der Waals surface area contributed by atoms with Gasteiger partial charge in [0.25, 0.3) is 5.91 Å². The lowest BCUT2D eigenvalue weighted by Gasteiger charge is -2.38. The summed E-state index contributed by atoms with van der Waals surface area (Å²) >= 11 is 0. The molecule has 0 spiro atoms. The van der Waals surface area contributed by atoms with Crippen molar-refractivity contribution in [3.8, 4) is 0 Å². The molecule has 3 N–H and O–H groups in total. The second-order valence-corrected chi connectivity index (χ2v) is 7.02. The summed E-state index contributed by atoms with van der Waals surface area (Å²) < 4.78 is 6.08. The van der Waals surface area contributed by atoms with E-state index in [9.17, 15) is 4.79 Å². The molecule has 0 saturated heterocycles. The molecular formula is C17H26N2O2. The zero-order valence-corrected chi connectivity index (χ0v) is 13.2. The van der Waals surface area contributed by atoms with Crippen LogP contribution >= 0.6 is 0 Å². The molecule has 1 fully saturated rings. The van der Waals surface area contributed by atoms with Crippen LogP contribution in [0, 0.1) is 11.3 Å². The summed E-state index contributed by atoms with van der Waals surface area (Å²) in [6.07, 6.45) is 3.86. The molecule has 1 aliphatic carbocycles. The number of amides is 1. The Hall–Kier alpha value is -1.39. The Balaban J connectivity index is 1.89. The predicted molar refractivity (Wildman–Crippen MR) is 83.5 cm³/mol. The normalized spacial score (nSPS) is 24.6. The van der Waals surface area contributed by atoms with E-state index in [2.05, 4.69) is 26.2 Å². The van der Waals surface area contributed by atoms with Crippen molar-refractivity contribution in [2.45, 2.75) is 52.7 Å². The second kappa shape index (κ2) is 6.58. The van der Waals surface area contributed by atoms with Crippen LogP contribution in [0.25, 0.3) is 0 Å². The van der Waals surface area contributed by atoms with Crippen molar-refractivity contribution in [1.82, 2.24) is 5.43 Å². The molecule has 4 nitrogen and oxygen atoms in total. The van der Waals surface area contributed by atoms with Crippen molar-refractivity contribution in [3.63, 3.8) is 0 Å². The SMILES string of the molecule is CC1CC(OCc2ccc(C(=O)NN)cc2)CC(C)(C)C1. The van der Waals surface area contributed by atoms with Crippen molar-refractivity contribution in [2.24, 2.45) is 17.2 Å². The zero-order valence-electron chi connectivity index (χ0n) is 13.2. The molecule has 1 saturated carbocycles. The summed E-state index contributed by atoms with van der Waals surface area (Å²) in [6.45, 7) is 7.54. The number of nitrogen functional groups attached to an aromatic ring is 1. The van der Waals surface area contributed by atoms with Gasteiger partial charge in [-0.15, -0.1) is 0 Å². The third-order valence-corrected chi connectivity index (χ3v) is 4.18. The molecule has 1 aromatic carbocycles. The minimum absolute atomic E-state index is 0.273. The number of hydrazine groups is 1. The van der Waals surface area contributed by atoms with Gasteiger partial charge < -0.3 is 4.74 Å². The van der Waals surface area contributed by atoms with Crippen LogP contribution in [0.5, 0.6) is 0 Å². The number of carbonyl (C=O) groups is 1. The topological polar surface area (TPSA) is 64.3 Å². The van der Waals surface area contributed by atoms with Gasteiger partial charge in [0.1, 0.15) is 0 Å². The predicted octanol–water partition coefficient (Wildman–Crippen LogP) is 3.02. The van der Waals surface area contributed by atoms with E-state index >= 15 is 0 Å². The lowest BCUT2D eigenvalue weighted by Crippen LogP contribution is -2.32. The number of ether oxygens (including phenoxy) is 1. The third kappa shape index (κ3) is 4.55. The first-order valence-corrected chi connectivity index (χ1v) is 7.61. The summed E-state index contributed by atoms with van der Waals surface area (Å²) in [5.74, 6) is 5.56. The molecule has 4 heteroatoms. The van der Waals surface area contributed by atoms with E-state index in [4.69, 9.17) is 10.6 Å². The Labute approximate surface area is 127 Å². The van der Waals surface area contributed by atoms with E-state index in [1.807, 2.05) is 12.1 Å². The highest BCUT2D eigenvalue weighted by Gasteiger charge is 2.32. The molecular weight excluding hydrogens is 264 g/mol. The first kappa shape index (κ1) is 16.0. The standard InChI is InChI=1S/C17H26N2O2/c1-12-8-15(10-17(2,3)9-12)21-11-13-4-6-14(7-5-13)16(20)19-18/h4-7,12,15H,8-11,18H2,1-3H3,(H,19,20). The van der Waals surface area contributed by atoms with Gasteiger partial charge in [-0.2, -0.15) is 0 Å².